The zero-order valence-electron chi connectivity index (χ0n) is 9.57. The van der Waals surface area contributed by atoms with Crippen molar-refractivity contribution in [1.29, 1.82) is 0 Å². The van der Waals surface area contributed by atoms with Crippen molar-refractivity contribution in [2.45, 2.75) is 18.2 Å². The molecule has 96 valence electrons. The lowest BCUT2D eigenvalue weighted by molar-refractivity contribution is 0.461. The summed E-state index contributed by atoms with van der Waals surface area (Å²) in [6, 6.07) is 2.45. The van der Waals surface area contributed by atoms with Crippen molar-refractivity contribution in [1.82, 2.24) is 4.31 Å². The predicted octanol–water partition coefficient (Wildman–Crippen LogP) is 2.20. The first-order chi connectivity index (χ1) is 7.80. The van der Waals surface area contributed by atoms with Crippen LogP contribution in [0.15, 0.2) is 21.5 Å². The summed E-state index contributed by atoms with van der Waals surface area (Å²) in [7, 11) is -2.42. The highest BCUT2D eigenvalue weighted by Crippen LogP contribution is 2.27. The summed E-state index contributed by atoms with van der Waals surface area (Å²) < 4.78 is 39.0. The normalized spacial score (nSPS) is 12.1. The van der Waals surface area contributed by atoms with Gasteiger partial charge in [-0.25, -0.2) is 17.1 Å². The number of nitrogens with zero attached hydrogens (tertiary/aromatic N) is 1. The quantitative estimate of drug-likeness (QED) is 0.863. The highest BCUT2D eigenvalue weighted by atomic mass is 79.9. The average Bonchev–Trinajstić information content (AvgIpc) is 2.23. The van der Waals surface area contributed by atoms with Gasteiger partial charge in [-0.2, -0.15) is 0 Å². The molecule has 0 heterocycles. The minimum absolute atomic E-state index is 0.0426. The van der Waals surface area contributed by atoms with E-state index in [9.17, 15) is 12.8 Å². The van der Waals surface area contributed by atoms with Crippen LogP contribution in [0.1, 0.15) is 13.3 Å². The topological polar surface area (TPSA) is 63.4 Å². The number of hydrogen-bond acceptors (Lipinski definition) is 3. The molecule has 0 saturated heterocycles. The molecule has 2 N–H and O–H groups in total. The van der Waals surface area contributed by atoms with Crippen LogP contribution in [0.4, 0.5) is 10.1 Å². The minimum atomic E-state index is -3.83. The molecule has 0 radical (unpaired) electrons. The van der Waals surface area contributed by atoms with Gasteiger partial charge in [-0.1, -0.05) is 6.92 Å². The van der Waals surface area contributed by atoms with Gasteiger partial charge < -0.3 is 5.73 Å². The summed E-state index contributed by atoms with van der Waals surface area (Å²) in [5.74, 6) is -0.817. The van der Waals surface area contributed by atoms with Gasteiger partial charge in [-0.3, -0.25) is 0 Å². The van der Waals surface area contributed by atoms with E-state index in [1.54, 1.807) is 0 Å². The first-order valence-corrected chi connectivity index (χ1v) is 7.24. The molecule has 0 aliphatic carbocycles. The molecule has 1 aromatic carbocycles. The van der Waals surface area contributed by atoms with E-state index in [-0.39, 0.29) is 10.2 Å². The number of hydrogen-bond donors (Lipinski definition) is 1. The second-order valence-electron chi connectivity index (χ2n) is 3.64. The first kappa shape index (κ1) is 14.4. The third-order valence-corrected chi connectivity index (χ3v) is 4.68. The summed E-state index contributed by atoms with van der Waals surface area (Å²) in [6.45, 7) is 2.17. The summed E-state index contributed by atoms with van der Waals surface area (Å²) in [5, 5.41) is 0. The monoisotopic (exact) mass is 324 g/mol. The molecule has 7 heteroatoms. The van der Waals surface area contributed by atoms with E-state index in [0.717, 1.165) is 10.4 Å². The van der Waals surface area contributed by atoms with Crippen molar-refractivity contribution < 1.29 is 12.8 Å². The fourth-order valence-electron chi connectivity index (χ4n) is 1.37. The molecule has 0 fully saturated rings. The van der Waals surface area contributed by atoms with Gasteiger partial charge in [-0.05, 0) is 34.5 Å². The van der Waals surface area contributed by atoms with E-state index >= 15 is 0 Å². The Morgan fingerprint density at radius 1 is 1.47 bits per heavy atom. The number of anilines is 1. The van der Waals surface area contributed by atoms with Gasteiger partial charge in [0.2, 0.25) is 10.0 Å². The van der Waals surface area contributed by atoms with E-state index in [0.29, 0.717) is 13.0 Å². The van der Waals surface area contributed by atoms with Gasteiger partial charge in [-0.15, -0.1) is 0 Å². The molecule has 0 spiro atoms. The van der Waals surface area contributed by atoms with Crippen LogP contribution in [0.2, 0.25) is 0 Å². The van der Waals surface area contributed by atoms with Crippen molar-refractivity contribution in [2.24, 2.45) is 0 Å². The highest BCUT2D eigenvalue weighted by molar-refractivity contribution is 9.10. The van der Waals surface area contributed by atoms with Crippen LogP contribution < -0.4 is 5.73 Å². The largest absolute Gasteiger partial charge is 0.399 e. The molecule has 1 aromatic rings. The van der Waals surface area contributed by atoms with Crippen molar-refractivity contribution in [3.05, 3.63) is 22.4 Å². The number of nitrogen functional groups attached to an aromatic ring is 1. The Hall–Kier alpha value is -0.660. The molecule has 0 aliphatic heterocycles. The highest BCUT2D eigenvalue weighted by Gasteiger charge is 2.25. The Morgan fingerprint density at radius 2 is 2.06 bits per heavy atom. The van der Waals surface area contributed by atoms with Crippen LogP contribution in [-0.2, 0) is 10.0 Å². The van der Waals surface area contributed by atoms with Crippen molar-refractivity contribution in [2.75, 3.05) is 19.3 Å². The van der Waals surface area contributed by atoms with Crippen LogP contribution in [0, 0.1) is 5.82 Å². The molecule has 0 amide bonds. The molecule has 0 saturated carbocycles. The van der Waals surface area contributed by atoms with Gasteiger partial charge in [0.05, 0.1) is 4.47 Å². The summed E-state index contributed by atoms with van der Waals surface area (Å²) in [4.78, 5) is -0.402. The van der Waals surface area contributed by atoms with Crippen molar-refractivity contribution >= 4 is 31.6 Å². The maximum atomic E-state index is 13.8. The standard InChI is InChI=1S/C10H14BrFN2O2S/c1-3-4-14(2)17(15,16)9-6-7(13)5-8(11)10(9)12/h5-6H,3-4,13H2,1-2H3. The second kappa shape index (κ2) is 5.32. The molecular weight excluding hydrogens is 311 g/mol. The summed E-state index contributed by atoms with van der Waals surface area (Å²) in [5.41, 5.74) is 5.72. The van der Waals surface area contributed by atoms with E-state index in [2.05, 4.69) is 15.9 Å². The molecule has 0 aliphatic rings. The van der Waals surface area contributed by atoms with Crippen LogP contribution in [0.3, 0.4) is 0 Å². The number of rotatable bonds is 4. The van der Waals surface area contributed by atoms with E-state index in [1.165, 1.54) is 13.1 Å². The van der Waals surface area contributed by atoms with Gasteiger partial charge in [0.1, 0.15) is 4.90 Å². The molecular formula is C10H14BrFN2O2S. The SMILES string of the molecule is CCCN(C)S(=O)(=O)c1cc(N)cc(Br)c1F. The summed E-state index contributed by atoms with van der Waals surface area (Å²) >= 11 is 2.94. The number of halogens is 2. The Labute approximate surface area is 109 Å². The Bertz CT molecular complexity index is 519. The Morgan fingerprint density at radius 3 is 2.59 bits per heavy atom. The predicted molar refractivity (Wildman–Crippen MR) is 68.6 cm³/mol. The Balaban J connectivity index is 3.33. The molecule has 0 atom stereocenters. The van der Waals surface area contributed by atoms with Crippen LogP contribution in [-0.4, -0.2) is 26.3 Å². The maximum Gasteiger partial charge on any atom is 0.245 e. The molecule has 0 aromatic heterocycles. The molecule has 0 bridgehead atoms. The smallest absolute Gasteiger partial charge is 0.245 e. The zero-order valence-corrected chi connectivity index (χ0v) is 12.0. The van der Waals surface area contributed by atoms with E-state index in [4.69, 9.17) is 5.73 Å². The zero-order chi connectivity index (χ0) is 13.2. The van der Waals surface area contributed by atoms with Crippen LogP contribution >= 0.6 is 15.9 Å². The molecule has 0 unspecified atom stereocenters. The van der Waals surface area contributed by atoms with Gasteiger partial charge in [0, 0.05) is 19.3 Å². The lowest BCUT2D eigenvalue weighted by Crippen LogP contribution is -2.28. The number of nitrogens with two attached hydrogens (primary N) is 1. The average molecular weight is 325 g/mol. The fraction of sp³-hybridized carbons (Fsp3) is 0.400. The molecule has 4 nitrogen and oxygen atoms in total. The lowest BCUT2D eigenvalue weighted by atomic mass is 10.3. The van der Waals surface area contributed by atoms with Gasteiger partial charge >= 0.3 is 0 Å². The third kappa shape index (κ3) is 2.97. The first-order valence-electron chi connectivity index (χ1n) is 5.01. The Kier molecular flexibility index (Phi) is 4.51. The number of benzene rings is 1. The minimum Gasteiger partial charge on any atom is -0.399 e. The van der Waals surface area contributed by atoms with Crippen LogP contribution in [0.25, 0.3) is 0 Å². The lowest BCUT2D eigenvalue weighted by Gasteiger charge is -2.17. The summed E-state index contributed by atoms with van der Waals surface area (Å²) in [6.07, 6.45) is 0.654. The van der Waals surface area contributed by atoms with E-state index in [1.807, 2.05) is 6.92 Å². The van der Waals surface area contributed by atoms with Gasteiger partial charge in [0.25, 0.3) is 0 Å². The molecule has 1 rings (SSSR count). The fourth-order valence-corrected chi connectivity index (χ4v) is 3.36. The maximum absolute atomic E-state index is 13.8. The number of sulfonamides is 1. The van der Waals surface area contributed by atoms with Crippen molar-refractivity contribution in [3.8, 4) is 0 Å². The third-order valence-electron chi connectivity index (χ3n) is 2.24. The van der Waals surface area contributed by atoms with Crippen LogP contribution in [0.5, 0.6) is 0 Å². The van der Waals surface area contributed by atoms with E-state index < -0.39 is 20.7 Å². The van der Waals surface area contributed by atoms with Crippen molar-refractivity contribution in [3.63, 3.8) is 0 Å². The molecule has 17 heavy (non-hydrogen) atoms. The van der Waals surface area contributed by atoms with Gasteiger partial charge in [0.15, 0.2) is 5.82 Å². The second-order valence-corrected chi connectivity index (χ2v) is 6.51.